The van der Waals surface area contributed by atoms with Crippen molar-refractivity contribution in [2.45, 2.75) is 97.4 Å². The highest BCUT2D eigenvalue weighted by Crippen LogP contribution is 2.42. The minimum atomic E-state index is 0.280. The Morgan fingerprint density at radius 1 is 0.957 bits per heavy atom. The molecule has 2 heterocycles. The lowest BCUT2D eigenvalue weighted by Crippen LogP contribution is -2.29. The molecule has 2 aliphatic rings. The molecular weight excluding hydrogens is 582 g/mol. The summed E-state index contributed by atoms with van der Waals surface area (Å²) in [4.78, 5) is 18.4. The van der Waals surface area contributed by atoms with Crippen LogP contribution in [0.25, 0.3) is 11.1 Å². The van der Waals surface area contributed by atoms with E-state index in [1.165, 1.54) is 51.8 Å². The Morgan fingerprint density at radius 2 is 1.79 bits per heavy atom. The van der Waals surface area contributed by atoms with Gasteiger partial charge >= 0.3 is 0 Å². The molecular formula is C41H45N3O3. The Balaban J connectivity index is 1.27. The van der Waals surface area contributed by atoms with E-state index in [1.807, 2.05) is 12.1 Å². The molecule has 1 aliphatic heterocycles. The summed E-state index contributed by atoms with van der Waals surface area (Å²) in [5, 5.41) is 9.41. The third kappa shape index (κ3) is 7.92. The number of hydrogen-bond acceptors (Lipinski definition) is 6. The molecule has 0 saturated carbocycles. The molecule has 0 amide bonds. The summed E-state index contributed by atoms with van der Waals surface area (Å²) in [6.07, 6.45) is 12.7. The van der Waals surface area contributed by atoms with E-state index in [9.17, 15) is 10.1 Å². The topological polar surface area (TPSA) is 75.5 Å². The first-order chi connectivity index (χ1) is 23.0. The molecule has 47 heavy (non-hydrogen) atoms. The van der Waals surface area contributed by atoms with Crippen molar-refractivity contribution in [1.82, 2.24) is 9.88 Å². The van der Waals surface area contributed by atoms with Crippen molar-refractivity contribution in [3.8, 4) is 28.7 Å². The van der Waals surface area contributed by atoms with Crippen molar-refractivity contribution in [2.24, 2.45) is 0 Å². The summed E-state index contributed by atoms with van der Waals surface area (Å²) >= 11 is 0. The van der Waals surface area contributed by atoms with E-state index < -0.39 is 0 Å². The van der Waals surface area contributed by atoms with Gasteiger partial charge in [-0.25, -0.2) is 0 Å². The molecule has 1 unspecified atom stereocenters. The summed E-state index contributed by atoms with van der Waals surface area (Å²) in [6.45, 7) is 6.62. The Labute approximate surface area is 279 Å². The Hall–Kier alpha value is -4.47. The van der Waals surface area contributed by atoms with E-state index in [2.05, 4.69) is 71.4 Å². The summed E-state index contributed by atoms with van der Waals surface area (Å²) in [7, 11) is 0. The number of nitriles is 1. The SMILES string of the molecule is CC(=O)CCCCC1CCCN1Cc1c(OCc2cncc(C#N)c2)cc(OCc2cccc(-c3ccccc3)c2C)c2c1CCC2. The molecule has 4 aromatic rings. The Kier molecular flexibility index (Phi) is 10.6. The number of fused-ring (bicyclic) bond motifs is 1. The minimum absolute atomic E-state index is 0.280. The highest BCUT2D eigenvalue weighted by atomic mass is 16.5. The second kappa shape index (κ2) is 15.4. The number of carbonyl (C=O) groups excluding carboxylic acids is 1. The summed E-state index contributed by atoms with van der Waals surface area (Å²) in [5.74, 6) is 2.05. The van der Waals surface area contributed by atoms with Crippen LogP contribution in [0.3, 0.4) is 0 Å². The van der Waals surface area contributed by atoms with Gasteiger partial charge in [0.15, 0.2) is 0 Å². The zero-order chi connectivity index (χ0) is 32.6. The molecule has 6 heteroatoms. The smallest absolute Gasteiger partial charge is 0.129 e. The van der Waals surface area contributed by atoms with Gasteiger partial charge in [-0.1, -0.05) is 55.0 Å². The second-order valence-electron chi connectivity index (χ2n) is 13.1. The van der Waals surface area contributed by atoms with Crippen molar-refractivity contribution >= 4 is 5.78 Å². The first-order valence-electron chi connectivity index (χ1n) is 17.1. The van der Waals surface area contributed by atoms with Gasteiger partial charge in [0.05, 0.1) is 5.56 Å². The predicted octanol–water partition coefficient (Wildman–Crippen LogP) is 8.69. The average molecular weight is 628 g/mol. The van der Waals surface area contributed by atoms with Gasteiger partial charge in [-0.2, -0.15) is 5.26 Å². The molecule has 1 aliphatic carbocycles. The van der Waals surface area contributed by atoms with Crippen molar-refractivity contribution < 1.29 is 14.3 Å². The van der Waals surface area contributed by atoms with Crippen LogP contribution in [-0.4, -0.2) is 28.3 Å². The molecule has 0 bridgehead atoms. The number of Topliss-reactive ketones (excluding diaryl/α,β-unsaturated/α-hetero) is 1. The second-order valence-corrected chi connectivity index (χ2v) is 13.1. The average Bonchev–Trinajstić information content (AvgIpc) is 3.77. The number of carbonyl (C=O) groups is 1. The van der Waals surface area contributed by atoms with E-state index in [0.717, 1.165) is 68.7 Å². The molecule has 1 aromatic heterocycles. The van der Waals surface area contributed by atoms with Gasteiger partial charge in [0.1, 0.15) is 36.6 Å². The van der Waals surface area contributed by atoms with Gasteiger partial charge < -0.3 is 14.3 Å². The van der Waals surface area contributed by atoms with Gasteiger partial charge in [-0.15, -0.1) is 0 Å². The van der Waals surface area contributed by atoms with Gasteiger partial charge in [0.2, 0.25) is 0 Å². The quantitative estimate of drug-likeness (QED) is 0.130. The number of likely N-dealkylation sites (tertiary alicyclic amines) is 1. The van der Waals surface area contributed by atoms with E-state index in [4.69, 9.17) is 9.47 Å². The van der Waals surface area contributed by atoms with E-state index in [1.54, 1.807) is 19.3 Å². The van der Waals surface area contributed by atoms with Crippen LogP contribution in [0.1, 0.15) is 90.8 Å². The van der Waals surface area contributed by atoms with E-state index >= 15 is 0 Å². The van der Waals surface area contributed by atoms with Crippen LogP contribution in [0.2, 0.25) is 0 Å². The van der Waals surface area contributed by atoms with Crippen molar-refractivity contribution in [1.29, 1.82) is 5.26 Å². The van der Waals surface area contributed by atoms with Crippen LogP contribution in [-0.2, 0) is 37.4 Å². The third-order valence-electron chi connectivity index (χ3n) is 9.85. The van der Waals surface area contributed by atoms with E-state index in [0.29, 0.717) is 31.2 Å². The van der Waals surface area contributed by atoms with Crippen LogP contribution in [0.15, 0.2) is 73.1 Å². The monoisotopic (exact) mass is 627 g/mol. The lowest BCUT2D eigenvalue weighted by atomic mass is 9.96. The standard InChI is InChI=1S/C41H45N3O3/c1-29(45)11-6-7-15-35-16-10-20-44(35)26-39-37-18-9-19-38(37)40(22-41(39)46-27-32-21-31(23-42)24-43-25-32)47-28-34-14-8-17-36(30(34)2)33-12-4-3-5-13-33/h3-5,8,12-14,17,21-22,24-25,35H,6-7,9-11,15-16,18-20,26-28H2,1-2H3. The zero-order valence-corrected chi connectivity index (χ0v) is 27.8. The van der Waals surface area contributed by atoms with Crippen LogP contribution in [0, 0.1) is 18.3 Å². The Morgan fingerprint density at radius 3 is 2.62 bits per heavy atom. The van der Waals surface area contributed by atoms with E-state index in [-0.39, 0.29) is 5.78 Å². The lowest BCUT2D eigenvalue weighted by molar-refractivity contribution is -0.117. The minimum Gasteiger partial charge on any atom is -0.488 e. The number of hydrogen-bond donors (Lipinski definition) is 0. The predicted molar refractivity (Wildman–Crippen MR) is 185 cm³/mol. The fourth-order valence-corrected chi connectivity index (χ4v) is 7.32. The fourth-order valence-electron chi connectivity index (χ4n) is 7.32. The number of unbranched alkanes of at least 4 members (excludes halogenated alkanes) is 1. The van der Waals surface area contributed by atoms with Crippen molar-refractivity contribution in [3.63, 3.8) is 0 Å². The molecule has 6 nitrogen and oxygen atoms in total. The number of rotatable bonds is 14. The van der Waals surface area contributed by atoms with Crippen LogP contribution < -0.4 is 9.47 Å². The van der Waals surface area contributed by atoms with Crippen molar-refractivity contribution in [2.75, 3.05) is 6.54 Å². The molecule has 0 radical (unpaired) electrons. The molecule has 1 atom stereocenters. The number of aromatic nitrogens is 1. The number of nitrogens with zero attached hydrogens (tertiary/aromatic N) is 3. The van der Waals surface area contributed by atoms with Crippen LogP contribution in [0.4, 0.5) is 0 Å². The maximum Gasteiger partial charge on any atom is 0.129 e. The molecule has 0 N–H and O–H groups in total. The van der Waals surface area contributed by atoms with Gasteiger partial charge in [0.25, 0.3) is 0 Å². The third-order valence-corrected chi connectivity index (χ3v) is 9.85. The summed E-state index contributed by atoms with van der Waals surface area (Å²) in [6, 6.07) is 23.7. The zero-order valence-electron chi connectivity index (χ0n) is 27.8. The lowest BCUT2D eigenvalue weighted by Gasteiger charge is -2.28. The summed E-state index contributed by atoms with van der Waals surface area (Å²) in [5.41, 5.74) is 10.2. The van der Waals surface area contributed by atoms with Gasteiger partial charge in [-0.05, 0) is 105 Å². The first kappa shape index (κ1) is 32.5. The first-order valence-corrected chi connectivity index (χ1v) is 17.1. The highest BCUT2D eigenvalue weighted by molar-refractivity contribution is 5.75. The van der Waals surface area contributed by atoms with Gasteiger partial charge in [0, 0.05) is 48.6 Å². The molecule has 1 fully saturated rings. The fraction of sp³-hybridized carbons (Fsp3) is 0.390. The normalized spacial score (nSPS) is 15.7. The molecule has 3 aromatic carbocycles. The maximum absolute atomic E-state index is 11.5. The number of benzene rings is 3. The maximum atomic E-state index is 11.5. The molecule has 0 spiro atoms. The number of ketones is 1. The number of ether oxygens (including phenoxy) is 2. The van der Waals surface area contributed by atoms with Crippen LogP contribution >= 0.6 is 0 Å². The number of pyridine rings is 1. The van der Waals surface area contributed by atoms with Crippen molar-refractivity contribution in [3.05, 3.63) is 112 Å². The largest absolute Gasteiger partial charge is 0.488 e. The summed E-state index contributed by atoms with van der Waals surface area (Å²) < 4.78 is 13.3. The van der Waals surface area contributed by atoms with Crippen LogP contribution in [0.5, 0.6) is 11.5 Å². The molecule has 1 saturated heterocycles. The highest BCUT2D eigenvalue weighted by Gasteiger charge is 2.29. The molecule has 242 valence electrons. The van der Waals surface area contributed by atoms with Gasteiger partial charge in [-0.3, -0.25) is 9.88 Å². The Bertz CT molecular complexity index is 1740. The molecule has 6 rings (SSSR count).